The Labute approximate surface area is 198 Å². The molecule has 1 aliphatic rings. The number of piperazine rings is 1. The van der Waals surface area contributed by atoms with Crippen LogP contribution in [0.4, 0.5) is 10.7 Å². The number of amides is 3. The van der Waals surface area contributed by atoms with Crippen molar-refractivity contribution in [2.45, 2.75) is 13.1 Å². The molecule has 1 N–H and O–H groups in total. The van der Waals surface area contributed by atoms with Gasteiger partial charge in [-0.1, -0.05) is 42.5 Å². The molecule has 1 saturated heterocycles. The predicted octanol–water partition coefficient (Wildman–Crippen LogP) is 2.71. The maximum atomic E-state index is 13.5. The van der Waals surface area contributed by atoms with Crippen molar-refractivity contribution >= 4 is 17.9 Å². The van der Waals surface area contributed by atoms with Gasteiger partial charge in [0.25, 0.3) is 5.91 Å². The first kappa shape index (κ1) is 23.3. The van der Waals surface area contributed by atoms with Gasteiger partial charge in [0.2, 0.25) is 5.95 Å². The Morgan fingerprint density at radius 3 is 2.24 bits per heavy atom. The third-order valence-corrected chi connectivity index (χ3v) is 5.67. The average molecular weight is 461 g/mol. The second-order valence-electron chi connectivity index (χ2n) is 8.00. The van der Waals surface area contributed by atoms with Crippen molar-refractivity contribution in [3.05, 3.63) is 89.7 Å². The Bertz CT molecular complexity index is 1070. The standard InChI is InChI=1S/C25H28N6O3/c1-34-28-23(32)22-10-8-21(9-11-22)19-31(24-26-12-5-13-27-24)25(33)30-16-14-29(15-17-30)18-20-6-3-2-4-7-20/h2-13H,14-19H2,1H3,(H,28,32). The summed E-state index contributed by atoms with van der Waals surface area (Å²) in [5.41, 5.74) is 4.89. The van der Waals surface area contributed by atoms with Crippen molar-refractivity contribution in [3.63, 3.8) is 0 Å². The number of rotatable bonds is 7. The Morgan fingerprint density at radius 2 is 1.59 bits per heavy atom. The molecule has 9 nitrogen and oxygen atoms in total. The number of benzene rings is 2. The summed E-state index contributed by atoms with van der Waals surface area (Å²) in [5.74, 6) is 0.0159. The fourth-order valence-corrected chi connectivity index (χ4v) is 3.86. The highest BCUT2D eigenvalue weighted by Gasteiger charge is 2.27. The van der Waals surface area contributed by atoms with E-state index >= 15 is 0 Å². The highest BCUT2D eigenvalue weighted by Crippen LogP contribution is 2.17. The maximum Gasteiger partial charge on any atom is 0.327 e. The van der Waals surface area contributed by atoms with Crippen LogP contribution in [0.25, 0.3) is 0 Å². The molecule has 2 aromatic carbocycles. The summed E-state index contributed by atoms with van der Waals surface area (Å²) in [5, 5.41) is 0. The van der Waals surface area contributed by atoms with Crippen LogP contribution < -0.4 is 10.4 Å². The van der Waals surface area contributed by atoms with Gasteiger partial charge < -0.3 is 4.90 Å². The number of urea groups is 1. The van der Waals surface area contributed by atoms with Gasteiger partial charge in [-0.3, -0.25) is 19.4 Å². The summed E-state index contributed by atoms with van der Waals surface area (Å²) >= 11 is 0. The topological polar surface area (TPSA) is 90.9 Å². The van der Waals surface area contributed by atoms with Crippen molar-refractivity contribution < 1.29 is 14.4 Å². The number of nitrogens with zero attached hydrogens (tertiary/aromatic N) is 5. The van der Waals surface area contributed by atoms with Crippen molar-refractivity contribution in [2.75, 3.05) is 38.2 Å². The zero-order valence-corrected chi connectivity index (χ0v) is 19.1. The van der Waals surface area contributed by atoms with Gasteiger partial charge in [0.15, 0.2) is 0 Å². The molecule has 0 radical (unpaired) electrons. The fraction of sp³-hybridized carbons (Fsp3) is 0.280. The summed E-state index contributed by atoms with van der Waals surface area (Å²) in [4.78, 5) is 44.5. The first-order chi connectivity index (χ1) is 16.6. The second kappa shape index (κ2) is 11.4. The van der Waals surface area contributed by atoms with E-state index in [0.29, 0.717) is 31.1 Å². The minimum atomic E-state index is -0.332. The van der Waals surface area contributed by atoms with Gasteiger partial charge in [0.05, 0.1) is 13.7 Å². The summed E-state index contributed by atoms with van der Waals surface area (Å²) in [6.45, 7) is 4.02. The number of carbonyl (C=O) groups excluding carboxylic acids is 2. The van der Waals surface area contributed by atoms with Gasteiger partial charge in [-0.25, -0.2) is 20.2 Å². The van der Waals surface area contributed by atoms with Crippen molar-refractivity contribution in [1.82, 2.24) is 25.2 Å². The van der Waals surface area contributed by atoms with E-state index in [1.54, 1.807) is 35.5 Å². The van der Waals surface area contributed by atoms with E-state index in [2.05, 4.69) is 37.3 Å². The molecular weight excluding hydrogens is 432 g/mol. The van der Waals surface area contributed by atoms with Crippen LogP contribution in [0, 0.1) is 0 Å². The largest absolute Gasteiger partial charge is 0.327 e. The zero-order chi connectivity index (χ0) is 23.8. The molecule has 34 heavy (non-hydrogen) atoms. The SMILES string of the molecule is CONC(=O)c1ccc(CN(C(=O)N2CCN(Cc3ccccc3)CC2)c2ncccn2)cc1. The minimum Gasteiger partial charge on any atom is -0.322 e. The minimum absolute atomic E-state index is 0.133. The summed E-state index contributed by atoms with van der Waals surface area (Å²) < 4.78 is 0. The summed E-state index contributed by atoms with van der Waals surface area (Å²) in [6.07, 6.45) is 3.25. The number of hydrogen-bond donors (Lipinski definition) is 1. The van der Waals surface area contributed by atoms with Crippen molar-refractivity contribution in [2.24, 2.45) is 0 Å². The van der Waals surface area contributed by atoms with Gasteiger partial charge in [-0.05, 0) is 29.3 Å². The lowest BCUT2D eigenvalue weighted by Crippen LogP contribution is -2.52. The second-order valence-corrected chi connectivity index (χ2v) is 8.00. The van der Waals surface area contributed by atoms with Crippen LogP contribution in [0.3, 0.4) is 0 Å². The average Bonchev–Trinajstić information content (AvgIpc) is 2.89. The lowest BCUT2D eigenvalue weighted by Gasteiger charge is -2.37. The van der Waals surface area contributed by atoms with Gasteiger partial charge in [0, 0.05) is 50.7 Å². The van der Waals surface area contributed by atoms with Gasteiger partial charge in [0.1, 0.15) is 0 Å². The lowest BCUT2D eigenvalue weighted by atomic mass is 10.1. The Hall–Kier alpha value is -3.82. The highest BCUT2D eigenvalue weighted by atomic mass is 16.6. The molecule has 2 heterocycles. The summed E-state index contributed by atoms with van der Waals surface area (Å²) in [6, 6.07) is 18.9. The van der Waals surface area contributed by atoms with Crippen molar-refractivity contribution in [1.29, 1.82) is 0 Å². The third kappa shape index (κ3) is 5.94. The first-order valence-corrected chi connectivity index (χ1v) is 11.2. The molecule has 1 aliphatic heterocycles. The van der Waals surface area contributed by atoms with Gasteiger partial charge in [-0.15, -0.1) is 0 Å². The molecular formula is C25H28N6O3. The van der Waals surface area contributed by atoms with E-state index in [4.69, 9.17) is 0 Å². The Morgan fingerprint density at radius 1 is 0.912 bits per heavy atom. The normalized spacial score (nSPS) is 14.0. The molecule has 1 aromatic heterocycles. The first-order valence-electron chi connectivity index (χ1n) is 11.2. The maximum absolute atomic E-state index is 13.5. The molecule has 0 unspecified atom stereocenters. The Balaban J connectivity index is 1.43. The van der Waals surface area contributed by atoms with E-state index in [1.165, 1.54) is 12.7 Å². The molecule has 3 amide bonds. The monoisotopic (exact) mass is 460 g/mol. The molecule has 0 atom stereocenters. The molecule has 0 saturated carbocycles. The molecule has 1 fully saturated rings. The van der Waals surface area contributed by atoms with Crippen LogP contribution in [0.2, 0.25) is 0 Å². The van der Waals surface area contributed by atoms with E-state index < -0.39 is 0 Å². The third-order valence-electron chi connectivity index (χ3n) is 5.67. The van der Waals surface area contributed by atoms with Crippen LogP contribution in [-0.2, 0) is 17.9 Å². The number of nitrogens with one attached hydrogen (secondary N) is 1. The fourth-order valence-electron chi connectivity index (χ4n) is 3.86. The quantitative estimate of drug-likeness (QED) is 0.545. The summed E-state index contributed by atoms with van der Waals surface area (Å²) in [7, 11) is 1.39. The Kier molecular flexibility index (Phi) is 7.79. The zero-order valence-electron chi connectivity index (χ0n) is 19.1. The predicted molar refractivity (Wildman–Crippen MR) is 128 cm³/mol. The van der Waals surface area contributed by atoms with Crippen LogP contribution in [0.15, 0.2) is 73.1 Å². The van der Waals surface area contributed by atoms with Gasteiger partial charge in [-0.2, -0.15) is 0 Å². The highest BCUT2D eigenvalue weighted by molar-refractivity contribution is 5.93. The smallest absolute Gasteiger partial charge is 0.322 e. The number of aromatic nitrogens is 2. The molecule has 0 bridgehead atoms. The number of hydroxylamine groups is 1. The molecule has 9 heteroatoms. The lowest BCUT2D eigenvalue weighted by molar-refractivity contribution is 0.0537. The molecule has 3 aromatic rings. The molecule has 0 spiro atoms. The van der Waals surface area contributed by atoms with Crippen LogP contribution >= 0.6 is 0 Å². The number of hydrogen-bond acceptors (Lipinski definition) is 6. The van der Waals surface area contributed by atoms with Crippen LogP contribution in [0.1, 0.15) is 21.5 Å². The van der Waals surface area contributed by atoms with E-state index in [0.717, 1.165) is 25.2 Å². The number of carbonyl (C=O) groups is 2. The van der Waals surface area contributed by atoms with Crippen LogP contribution in [0.5, 0.6) is 0 Å². The van der Waals surface area contributed by atoms with E-state index in [1.807, 2.05) is 35.2 Å². The van der Waals surface area contributed by atoms with E-state index in [-0.39, 0.29) is 11.9 Å². The van der Waals surface area contributed by atoms with Crippen LogP contribution in [-0.4, -0.2) is 65.0 Å². The molecule has 176 valence electrons. The van der Waals surface area contributed by atoms with E-state index in [9.17, 15) is 9.59 Å². The molecule has 4 rings (SSSR count). The number of anilines is 1. The van der Waals surface area contributed by atoms with Gasteiger partial charge >= 0.3 is 6.03 Å². The van der Waals surface area contributed by atoms with Crippen molar-refractivity contribution in [3.8, 4) is 0 Å². The molecule has 0 aliphatic carbocycles.